The standard InChI is InChI=1S/C12H27N2OPS2/c1-5-7-9-18-16(17,15-8-6-2)14-11-13-10-12(3)4/h11-12H,5-10H2,1-4H3,(H,13,14,17). The van der Waals surface area contributed by atoms with Gasteiger partial charge in [0.05, 0.1) is 12.9 Å². The molecular formula is C12H27N2OPS2. The van der Waals surface area contributed by atoms with E-state index in [9.17, 15) is 0 Å². The molecule has 0 spiro atoms. The van der Waals surface area contributed by atoms with Gasteiger partial charge in [0.25, 0.3) is 0 Å². The van der Waals surface area contributed by atoms with Crippen LogP contribution in [0.25, 0.3) is 0 Å². The highest BCUT2D eigenvalue weighted by Crippen LogP contribution is 2.56. The van der Waals surface area contributed by atoms with Crippen LogP contribution in [0.5, 0.6) is 0 Å². The van der Waals surface area contributed by atoms with E-state index in [1.54, 1.807) is 17.7 Å². The molecule has 6 heteroatoms. The molecule has 0 rings (SSSR count). The fourth-order valence-corrected chi connectivity index (χ4v) is 5.51. The lowest BCUT2D eigenvalue weighted by Gasteiger charge is -2.20. The van der Waals surface area contributed by atoms with E-state index in [0.29, 0.717) is 5.92 Å². The Bertz CT molecular complexity index is 273. The van der Waals surface area contributed by atoms with E-state index in [1.165, 1.54) is 12.8 Å². The quantitative estimate of drug-likeness (QED) is 0.265. The molecule has 0 aliphatic rings. The first-order valence-electron chi connectivity index (χ1n) is 6.69. The van der Waals surface area contributed by atoms with Crippen LogP contribution in [0.1, 0.15) is 47.0 Å². The molecule has 1 atom stereocenters. The van der Waals surface area contributed by atoms with Crippen molar-refractivity contribution in [1.29, 1.82) is 0 Å². The molecule has 0 aromatic carbocycles. The van der Waals surface area contributed by atoms with Crippen LogP contribution in [0.4, 0.5) is 0 Å². The molecule has 0 aliphatic carbocycles. The summed E-state index contributed by atoms with van der Waals surface area (Å²) in [7, 11) is 0. The summed E-state index contributed by atoms with van der Waals surface area (Å²) in [6.45, 7) is 10.1. The van der Waals surface area contributed by atoms with Crippen molar-refractivity contribution in [3.8, 4) is 0 Å². The Morgan fingerprint density at radius 2 is 2.11 bits per heavy atom. The third kappa shape index (κ3) is 10.4. The normalized spacial score (nSPS) is 15.2. The first-order valence-corrected chi connectivity index (χ1v) is 11.0. The maximum Gasteiger partial charge on any atom is 0.211 e. The summed E-state index contributed by atoms with van der Waals surface area (Å²) in [6.07, 6.45) is 5.12. The molecule has 0 radical (unpaired) electrons. The fraction of sp³-hybridized carbons (Fsp3) is 0.917. The minimum Gasteiger partial charge on any atom is -0.326 e. The van der Waals surface area contributed by atoms with Gasteiger partial charge in [0.15, 0.2) is 0 Å². The van der Waals surface area contributed by atoms with Crippen LogP contribution in [0.3, 0.4) is 0 Å². The smallest absolute Gasteiger partial charge is 0.211 e. The summed E-state index contributed by atoms with van der Waals surface area (Å²) < 4.78 is 5.82. The van der Waals surface area contributed by atoms with Crippen LogP contribution in [0, 0.1) is 5.92 Å². The first kappa shape index (κ1) is 18.4. The molecule has 108 valence electrons. The number of nitrogens with zero attached hydrogens (tertiary/aromatic N) is 1. The Kier molecular flexibility index (Phi) is 11.5. The van der Waals surface area contributed by atoms with Crippen molar-refractivity contribution in [3.63, 3.8) is 0 Å². The van der Waals surface area contributed by atoms with Crippen molar-refractivity contribution < 1.29 is 4.52 Å². The molecule has 18 heavy (non-hydrogen) atoms. The molecule has 0 saturated heterocycles. The average molecular weight is 310 g/mol. The van der Waals surface area contributed by atoms with Crippen LogP contribution in [-0.2, 0) is 16.3 Å². The Hall–Kier alpha value is 0.430. The van der Waals surface area contributed by atoms with E-state index >= 15 is 0 Å². The molecule has 0 fully saturated rings. The van der Waals surface area contributed by atoms with Gasteiger partial charge in [-0.15, -0.1) is 0 Å². The lowest BCUT2D eigenvalue weighted by Crippen LogP contribution is -2.10. The second-order valence-electron chi connectivity index (χ2n) is 4.53. The van der Waals surface area contributed by atoms with Crippen LogP contribution < -0.4 is 5.09 Å². The van der Waals surface area contributed by atoms with Crippen molar-refractivity contribution in [2.24, 2.45) is 10.9 Å². The number of aliphatic imine (C=N–C) groups is 1. The molecule has 0 bridgehead atoms. The zero-order valence-corrected chi connectivity index (χ0v) is 14.5. The lowest BCUT2D eigenvalue weighted by atomic mass is 10.2. The largest absolute Gasteiger partial charge is 0.326 e. The Morgan fingerprint density at radius 3 is 2.67 bits per heavy atom. The fourth-order valence-electron chi connectivity index (χ4n) is 1.03. The summed E-state index contributed by atoms with van der Waals surface area (Å²) in [6, 6.07) is 0. The van der Waals surface area contributed by atoms with Gasteiger partial charge in [-0.1, -0.05) is 45.5 Å². The molecule has 0 heterocycles. The third-order valence-corrected chi connectivity index (χ3v) is 7.55. The molecule has 0 aliphatic heterocycles. The first-order chi connectivity index (χ1) is 8.54. The van der Waals surface area contributed by atoms with Crippen LogP contribution >= 0.6 is 17.0 Å². The Labute approximate surface area is 121 Å². The predicted octanol–water partition coefficient (Wildman–Crippen LogP) is 4.44. The SMILES string of the molecule is CCCCSP(=S)(NC=NCC(C)C)OCCC. The summed E-state index contributed by atoms with van der Waals surface area (Å²) in [4.78, 5) is 4.32. The van der Waals surface area contributed by atoms with Crippen molar-refractivity contribution >= 4 is 35.1 Å². The second kappa shape index (κ2) is 11.3. The highest BCUT2D eigenvalue weighted by atomic mass is 32.9. The van der Waals surface area contributed by atoms with Gasteiger partial charge in [0.1, 0.15) is 0 Å². The molecule has 0 amide bonds. The van der Waals surface area contributed by atoms with Gasteiger partial charge in [0, 0.05) is 12.3 Å². The summed E-state index contributed by atoms with van der Waals surface area (Å²) in [5.74, 6) is 1.63. The average Bonchev–Trinajstić information content (AvgIpc) is 2.33. The van der Waals surface area contributed by atoms with E-state index in [-0.39, 0.29) is 0 Å². The molecular weight excluding hydrogens is 283 g/mol. The number of nitrogens with one attached hydrogen (secondary N) is 1. The topological polar surface area (TPSA) is 33.6 Å². The van der Waals surface area contributed by atoms with E-state index < -0.39 is 5.62 Å². The minimum absolute atomic E-state index is 0.574. The minimum atomic E-state index is -1.97. The van der Waals surface area contributed by atoms with E-state index in [1.807, 2.05) is 0 Å². The molecule has 1 unspecified atom stereocenters. The highest BCUT2D eigenvalue weighted by Gasteiger charge is 2.16. The summed E-state index contributed by atoms with van der Waals surface area (Å²) in [5, 5.41) is 3.22. The van der Waals surface area contributed by atoms with Crippen LogP contribution in [0.2, 0.25) is 0 Å². The van der Waals surface area contributed by atoms with Gasteiger partial charge < -0.3 is 9.61 Å². The molecule has 0 saturated carbocycles. The Balaban J connectivity index is 4.19. The highest BCUT2D eigenvalue weighted by molar-refractivity contribution is 8.68. The molecule has 0 aromatic rings. The number of hydrogen-bond donors (Lipinski definition) is 1. The number of rotatable bonds is 11. The van der Waals surface area contributed by atoms with Gasteiger partial charge in [-0.2, -0.15) is 0 Å². The third-order valence-electron chi connectivity index (χ3n) is 2.00. The van der Waals surface area contributed by atoms with Crippen molar-refractivity contribution in [2.75, 3.05) is 18.9 Å². The number of hydrogen-bond acceptors (Lipinski definition) is 4. The monoisotopic (exact) mass is 310 g/mol. The lowest BCUT2D eigenvalue weighted by molar-refractivity contribution is 0.356. The van der Waals surface area contributed by atoms with Crippen molar-refractivity contribution in [2.45, 2.75) is 47.0 Å². The Morgan fingerprint density at radius 1 is 1.39 bits per heavy atom. The van der Waals surface area contributed by atoms with Crippen LogP contribution in [0.15, 0.2) is 4.99 Å². The second-order valence-corrected chi connectivity index (χ2v) is 11.3. The van der Waals surface area contributed by atoms with Gasteiger partial charge in [0.2, 0.25) is 5.62 Å². The van der Waals surface area contributed by atoms with Crippen molar-refractivity contribution in [1.82, 2.24) is 5.09 Å². The maximum atomic E-state index is 5.82. The number of unbranched alkanes of at least 4 members (excludes halogenated alkanes) is 1. The maximum absolute atomic E-state index is 5.82. The van der Waals surface area contributed by atoms with Gasteiger partial charge in [-0.25, -0.2) is 0 Å². The van der Waals surface area contributed by atoms with E-state index in [0.717, 1.165) is 25.3 Å². The zero-order chi connectivity index (χ0) is 13.9. The van der Waals surface area contributed by atoms with E-state index in [2.05, 4.69) is 37.8 Å². The summed E-state index contributed by atoms with van der Waals surface area (Å²) >= 11 is 7.36. The molecule has 0 aromatic heterocycles. The van der Waals surface area contributed by atoms with Gasteiger partial charge >= 0.3 is 0 Å². The molecule has 1 N–H and O–H groups in total. The van der Waals surface area contributed by atoms with E-state index in [4.69, 9.17) is 16.3 Å². The predicted molar refractivity (Wildman–Crippen MR) is 89.2 cm³/mol. The van der Waals surface area contributed by atoms with Crippen LogP contribution in [-0.4, -0.2) is 25.2 Å². The van der Waals surface area contributed by atoms with Gasteiger partial charge in [-0.05, 0) is 30.6 Å². The van der Waals surface area contributed by atoms with Crippen molar-refractivity contribution in [3.05, 3.63) is 0 Å². The van der Waals surface area contributed by atoms with Gasteiger partial charge in [-0.3, -0.25) is 4.99 Å². The zero-order valence-electron chi connectivity index (χ0n) is 12.0. The molecule has 3 nitrogen and oxygen atoms in total. The summed E-state index contributed by atoms with van der Waals surface area (Å²) in [5.41, 5.74) is -1.97.